The van der Waals surface area contributed by atoms with Gasteiger partial charge in [0.15, 0.2) is 5.69 Å². The van der Waals surface area contributed by atoms with Crippen LogP contribution in [0.15, 0.2) is 6.20 Å². The molecule has 0 aromatic carbocycles. The molecule has 1 saturated heterocycles. The number of rotatable bonds is 7. The molecule has 2 N–H and O–H groups in total. The van der Waals surface area contributed by atoms with E-state index in [4.69, 9.17) is 0 Å². The van der Waals surface area contributed by atoms with Crippen molar-refractivity contribution in [2.24, 2.45) is 0 Å². The van der Waals surface area contributed by atoms with Crippen LogP contribution in [-0.2, 0) is 0 Å². The summed E-state index contributed by atoms with van der Waals surface area (Å²) in [5, 5.41) is 14.1. The third-order valence-corrected chi connectivity index (χ3v) is 4.09. The molecule has 0 saturated carbocycles. The Labute approximate surface area is 117 Å². The van der Waals surface area contributed by atoms with E-state index in [1.165, 1.54) is 0 Å². The van der Waals surface area contributed by atoms with Gasteiger partial charge in [-0.05, 0) is 24.9 Å². The van der Waals surface area contributed by atoms with Crippen molar-refractivity contribution in [3.63, 3.8) is 0 Å². The summed E-state index contributed by atoms with van der Waals surface area (Å²) in [5.74, 6) is 2.05. The molecule has 106 valence electrons. The summed E-state index contributed by atoms with van der Waals surface area (Å²) < 4.78 is 1.77. The van der Waals surface area contributed by atoms with Crippen LogP contribution in [0.3, 0.4) is 0 Å². The second-order valence-electron chi connectivity index (χ2n) is 4.76. The smallest absolute Gasteiger partial charge is 0.273 e. The SMILES string of the molecule is CCSCCC(C)NC(=O)c1cn(C2CNC2)nn1. The van der Waals surface area contributed by atoms with Gasteiger partial charge in [0.1, 0.15) is 0 Å². The Balaban J connectivity index is 1.80. The van der Waals surface area contributed by atoms with Crippen LogP contribution >= 0.6 is 11.8 Å². The first-order valence-corrected chi connectivity index (χ1v) is 7.87. The number of nitrogens with one attached hydrogen (secondary N) is 2. The minimum atomic E-state index is -0.132. The molecule has 1 aliphatic rings. The van der Waals surface area contributed by atoms with E-state index < -0.39 is 0 Å². The summed E-state index contributed by atoms with van der Waals surface area (Å²) in [6.07, 6.45) is 2.71. The van der Waals surface area contributed by atoms with Crippen molar-refractivity contribution in [3.8, 4) is 0 Å². The predicted octanol–water partition coefficient (Wildman–Crippen LogP) is 0.684. The molecule has 1 aromatic rings. The first-order valence-electron chi connectivity index (χ1n) is 6.72. The lowest BCUT2D eigenvalue weighted by Crippen LogP contribution is -2.43. The molecule has 0 radical (unpaired) electrons. The summed E-state index contributed by atoms with van der Waals surface area (Å²) in [7, 11) is 0. The molecule has 0 bridgehead atoms. The van der Waals surface area contributed by atoms with Crippen molar-refractivity contribution in [1.29, 1.82) is 0 Å². The predicted molar refractivity (Wildman–Crippen MR) is 76.5 cm³/mol. The highest BCUT2D eigenvalue weighted by Crippen LogP contribution is 2.10. The minimum Gasteiger partial charge on any atom is -0.348 e. The largest absolute Gasteiger partial charge is 0.348 e. The fourth-order valence-corrected chi connectivity index (χ4v) is 2.60. The van der Waals surface area contributed by atoms with E-state index in [1.54, 1.807) is 10.9 Å². The molecular formula is C12H21N5OS. The standard InChI is InChI=1S/C12H21N5OS/c1-3-19-5-4-9(2)14-12(18)11-8-17(16-15-11)10-6-13-7-10/h8-10,13H,3-7H2,1-2H3,(H,14,18). The van der Waals surface area contributed by atoms with Gasteiger partial charge in [0.25, 0.3) is 5.91 Å². The lowest BCUT2D eigenvalue weighted by Gasteiger charge is -2.26. The maximum absolute atomic E-state index is 12.0. The normalized spacial score (nSPS) is 16.9. The van der Waals surface area contributed by atoms with Crippen LogP contribution in [0.4, 0.5) is 0 Å². The van der Waals surface area contributed by atoms with Gasteiger partial charge in [-0.15, -0.1) is 5.10 Å². The molecule has 2 rings (SSSR count). The molecule has 0 aliphatic carbocycles. The fraction of sp³-hybridized carbons (Fsp3) is 0.750. The first-order chi connectivity index (χ1) is 9.20. The van der Waals surface area contributed by atoms with Crippen molar-refractivity contribution < 1.29 is 4.79 Å². The van der Waals surface area contributed by atoms with Gasteiger partial charge in [0.05, 0.1) is 12.2 Å². The topological polar surface area (TPSA) is 71.8 Å². The average molecular weight is 283 g/mol. The summed E-state index contributed by atoms with van der Waals surface area (Å²) >= 11 is 1.89. The number of carbonyl (C=O) groups excluding carboxylic acids is 1. The Bertz CT molecular complexity index is 418. The zero-order valence-electron chi connectivity index (χ0n) is 11.4. The Morgan fingerprint density at radius 1 is 1.68 bits per heavy atom. The number of carbonyl (C=O) groups is 1. The van der Waals surface area contributed by atoms with E-state index in [2.05, 4.69) is 27.9 Å². The van der Waals surface area contributed by atoms with Crippen molar-refractivity contribution in [2.45, 2.75) is 32.4 Å². The van der Waals surface area contributed by atoms with Gasteiger partial charge >= 0.3 is 0 Å². The highest BCUT2D eigenvalue weighted by Gasteiger charge is 2.22. The second kappa shape index (κ2) is 6.91. The summed E-state index contributed by atoms with van der Waals surface area (Å²) in [5.41, 5.74) is 0.405. The maximum atomic E-state index is 12.0. The van der Waals surface area contributed by atoms with E-state index in [-0.39, 0.29) is 11.9 Å². The molecule has 0 spiro atoms. The lowest BCUT2D eigenvalue weighted by atomic mass is 10.2. The van der Waals surface area contributed by atoms with Crippen LogP contribution in [0.25, 0.3) is 0 Å². The summed E-state index contributed by atoms with van der Waals surface area (Å²) in [6.45, 7) is 5.96. The molecule has 1 aromatic heterocycles. The van der Waals surface area contributed by atoms with Crippen LogP contribution in [0, 0.1) is 0 Å². The Morgan fingerprint density at radius 2 is 2.47 bits per heavy atom. The quantitative estimate of drug-likeness (QED) is 0.720. The van der Waals surface area contributed by atoms with Crippen molar-refractivity contribution in [3.05, 3.63) is 11.9 Å². The van der Waals surface area contributed by atoms with Gasteiger partial charge in [-0.25, -0.2) is 4.68 Å². The van der Waals surface area contributed by atoms with Gasteiger partial charge in [-0.3, -0.25) is 4.79 Å². The number of amides is 1. The van der Waals surface area contributed by atoms with Crippen molar-refractivity contribution in [1.82, 2.24) is 25.6 Å². The monoisotopic (exact) mass is 283 g/mol. The number of aromatic nitrogens is 3. The molecule has 2 heterocycles. The van der Waals surface area contributed by atoms with Gasteiger partial charge in [0.2, 0.25) is 0 Å². The van der Waals surface area contributed by atoms with E-state index in [9.17, 15) is 4.79 Å². The molecule has 6 nitrogen and oxygen atoms in total. The first kappa shape index (κ1) is 14.3. The third kappa shape index (κ3) is 3.94. The molecule has 19 heavy (non-hydrogen) atoms. The van der Waals surface area contributed by atoms with Crippen molar-refractivity contribution in [2.75, 3.05) is 24.6 Å². The third-order valence-electron chi connectivity index (χ3n) is 3.15. The average Bonchev–Trinajstić information content (AvgIpc) is 2.76. The molecular weight excluding hydrogens is 262 g/mol. The van der Waals surface area contributed by atoms with E-state index in [0.29, 0.717) is 11.7 Å². The number of hydrogen-bond donors (Lipinski definition) is 2. The molecule has 1 aliphatic heterocycles. The van der Waals surface area contributed by atoms with Gasteiger partial charge in [0, 0.05) is 19.1 Å². The van der Waals surface area contributed by atoms with Gasteiger partial charge in [-0.2, -0.15) is 11.8 Å². The van der Waals surface area contributed by atoms with Crippen LogP contribution in [0.5, 0.6) is 0 Å². The van der Waals surface area contributed by atoms with E-state index in [0.717, 1.165) is 31.0 Å². The van der Waals surface area contributed by atoms with Gasteiger partial charge < -0.3 is 10.6 Å². The van der Waals surface area contributed by atoms with E-state index >= 15 is 0 Å². The van der Waals surface area contributed by atoms with Gasteiger partial charge in [-0.1, -0.05) is 12.1 Å². The minimum absolute atomic E-state index is 0.132. The molecule has 1 amide bonds. The van der Waals surface area contributed by atoms with Crippen molar-refractivity contribution >= 4 is 17.7 Å². The Hall–Kier alpha value is -1.08. The second-order valence-corrected chi connectivity index (χ2v) is 6.15. The van der Waals surface area contributed by atoms with E-state index in [1.807, 2.05) is 18.7 Å². The Kier molecular flexibility index (Phi) is 5.21. The Morgan fingerprint density at radius 3 is 3.11 bits per heavy atom. The fourth-order valence-electron chi connectivity index (χ4n) is 1.79. The zero-order valence-corrected chi connectivity index (χ0v) is 12.2. The highest BCUT2D eigenvalue weighted by atomic mass is 32.2. The zero-order chi connectivity index (χ0) is 13.7. The number of thioether (sulfide) groups is 1. The number of hydrogen-bond acceptors (Lipinski definition) is 5. The summed E-state index contributed by atoms with van der Waals surface area (Å²) in [6, 6.07) is 0.509. The summed E-state index contributed by atoms with van der Waals surface area (Å²) in [4.78, 5) is 12.0. The molecule has 1 fully saturated rings. The highest BCUT2D eigenvalue weighted by molar-refractivity contribution is 7.99. The molecule has 7 heteroatoms. The van der Waals surface area contributed by atoms with Crippen LogP contribution < -0.4 is 10.6 Å². The lowest BCUT2D eigenvalue weighted by molar-refractivity contribution is 0.0934. The van der Waals surface area contributed by atoms with Crippen LogP contribution in [-0.4, -0.2) is 51.5 Å². The maximum Gasteiger partial charge on any atom is 0.273 e. The number of nitrogens with zero attached hydrogens (tertiary/aromatic N) is 3. The molecule has 1 unspecified atom stereocenters. The molecule has 1 atom stereocenters. The van der Waals surface area contributed by atoms with Crippen LogP contribution in [0.1, 0.15) is 36.8 Å². The van der Waals surface area contributed by atoms with Crippen LogP contribution in [0.2, 0.25) is 0 Å².